The summed E-state index contributed by atoms with van der Waals surface area (Å²) in [7, 11) is 0.571. The maximum Gasteiger partial charge on any atom is 0.314 e. The second kappa shape index (κ2) is 6.66. The second-order valence-electron chi connectivity index (χ2n) is 4.72. The number of rotatable bonds is 6. The Morgan fingerprint density at radius 1 is 1.18 bits per heavy atom. The standard InChI is InChI=1S/C11H24N2O2S2/c1-6-13(3,7-2)11(15)9-8-10(14)12-17(4,5)16/h6-9H2,1-5H3,(H-,12,14,16)/p+1. The monoisotopic (exact) mass is 281 g/mol. The van der Waals surface area contributed by atoms with Gasteiger partial charge in [-0.1, -0.05) is 0 Å². The van der Waals surface area contributed by atoms with Crippen molar-refractivity contribution in [3.8, 4) is 0 Å². The molecule has 0 aromatic rings. The first-order valence-corrected chi connectivity index (χ1v) is 9.29. The van der Waals surface area contributed by atoms with E-state index in [1.54, 1.807) is 0 Å². The number of hydrogen-bond acceptors (Lipinski definition) is 3. The Labute approximate surface area is 111 Å². The van der Waals surface area contributed by atoms with Crippen LogP contribution in [0.15, 0.2) is 0 Å². The van der Waals surface area contributed by atoms with Crippen molar-refractivity contribution < 1.29 is 14.1 Å². The van der Waals surface area contributed by atoms with Crippen LogP contribution in [0.4, 0.5) is 0 Å². The summed E-state index contributed by atoms with van der Waals surface area (Å²) in [4.78, 5) is 23.5. The third-order valence-electron chi connectivity index (χ3n) is 2.93. The van der Waals surface area contributed by atoms with Crippen molar-refractivity contribution in [3.05, 3.63) is 0 Å². The molecule has 0 aliphatic rings. The summed E-state index contributed by atoms with van der Waals surface area (Å²) in [5, 5.41) is 0. The summed E-state index contributed by atoms with van der Waals surface area (Å²) < 4.78 is 3.20. The van der Waals surface area contributed by atoms with E-state index in [1.165, 1.54) is 0 Å². The number of nitrogens with one attached hydrogen (secondary N) is 1. The van der Waals surface area contributed by atoms with Crippen LogP contribution in [-0.4, -0.2) is 48.9 Å². The highest BCUT2D eigenvalue weighted by Gasteiger charge is 2.27. The molecule has 0 atom stereocenters. The van der Waals surface area contributed by atoms with Crippen LogP contribution >= 0.6 is 20.9 Å². The van der Waals surface area contributed by atoms with Crippen LogP contribution in [0.2, 0.25) is 0 Å². The van der Waals surface area contributed by atoms with E-state index in [1.807, 2.05) is 33.4 Å². The molecule has 0 saturated carbocycles. The van der Waals surface area contributed by atoms with Crippen LogP contribution in [0.25, 0.3) is 0 Å². The van der Waals surface area contributed by atoms with E-state index in [4.69, 9.17) is 0 Å². The van der Waals surface area contributed by atoms with Gasteiger partial charge in [0.2, 0.25) is 5.91 Å². The maximum atomic E-state index is 12.0. The maximum absolute atomic E-state index is 12.0. The first-order chi connectivity index (χ1) is 7.64. The lowest BCUT2D eigenvalue weighted by Crippen LogP contribution is -2.49. The quantitative estimate of drug-likeness (QED) is 0.442. The van der Waals surface area contributed by atoms with E-state index in [2.05, 4.69) is 16.4 Å². The molecule has 0 aromatic heterocycles. The molecule has 0 saturated heterocycles. The van der Waals surface area contributed by atoms with Crippen LogP contribution in [0.1, 0.15) is 26.7 Å². The minimum absolute atomic E-state index is 0.0906. The summed E-state index contributed by atoms with van der Waals surface area (Å²) >= 11 is 4.29. The lowest BCUT2D eigenvalue weighted by molar-refractivity contribution is -0.831. The van der Waals surface area contributed by atoms with E-state index in [0.717, 1.165) is 13.1 Å². The van der Waals surface area contributed by atoms with Gasteiger partial charge in [-0.15, -0.1) is 20.9 Å². The lowest BCUT2D eigenvalue weighted by Gasteiger charge is -2.29. The zero-order valence-corrected chi connectivity index (χ0v) is 13.2. The summed E-state index contributed by atoms with van der Waals surface area (Å²) in [6.45, 7) is 5.51. The van der Waals surface area contributed by atoms with E-state index < -0.39 is 9.25 Å². The normalized spacial score (nSPS) is 13.3. The molecule has 6 heteroatoms. The van der Waals surface area contributed by atoms with Gasteiger partial charge >= 0.3 is 5.91 Å². The molecule has 0 radical (unpaired) electrons. The number of carbonyl (C=O) groups excluding carboxylic acids is 2. The van der Waals surface area contributed by atoms with Gasteiger partial charge in [0.25, 0.3) is 0 Å². The molecule has 17 heavy (non-hydrogen) atoms. The van der Waals surface area contributed by atoms with Crippen molar-refractivity contribution in [1.82, 2.24) is 4.72 Å². The Morgan fingerprint density at radius 3 is 2.00 bits per heavy atom. The molecule has 0 rings (SSSR count). The summed E-state index contributed by atoms with van der Waals surface area (Å²) in [6, 6.07) is 0. The van der Waals surface area contributed by atoms with Crippen molar-refractivity contribution in [2.75, 3.05) is 32.6 Å². The summed E-state index contributed by atoms with van der Waals surface area (Å²) in [5.41, 5.74) is 0. The molecule has 4 nitrogen and oxygen atoms in total. The van der Waals surface area contributed by atoms with E-state index in [9.17, 15) is 9.59 Å². The molecule has 1 N–H and O–H groups in total. The Bertz CT molecular complexity index is 284. The smallest absolute Gasteiger partial charge is 0.310 e. The second-order valence-corrected chi connectivity index (χ2v) is 10.2. The Kier molecular flexibility index (Phi) is 6.58. The molecular formula is C11H25N2O2S2+. The highest BCUT2D eigenvalue weighted by atomic mass is 33.1. The van der Waals surface area contributed by atoms with Gasteiger partial charge in [0.1, 0.15) is 0 Å². The predicted octanol–water partition coefficient (Wildman–Crippen LogP) is 1.72. The van der Waals surface area contributed by atoms with Gasteiger partial charge in [-0.05, 0) is 26.4 Å². The highest BCUT2D eigenvalue weighted by molar-refractivity contribution is 8.86. The molecule has 0 fully saturated rings. The largest absolute Gasteiger partial charge is 0.314 e. The average molecular weight is 281 g/mol. The molecule has 2 amide bonds. The molecule has 0 unspecified atom stereocenters. The van der Waals surface area contributed by atoms with Crippen molar-refractivity contribution in [2.24, 2.45) is 0 Å². The number of amides is 2. The fourth-order valence-electron chi connectivity index (χ4n) is 1.40. The highest BCUT2D eigenvalue weighted by Crippen LogP contribution is 2.39. The Hall–Kier alpha value is -0.200. The molecule has 0 aliphatic carbocycles. The zero-order valence-electron chi connectivity index (χ0n) is 11.4. The van der Waals surface area contributed by atoms with E-state index in [-0.39, 0.29) is 18.2 Å². The fourth-order valence-corrected chi connectivity index (χ4v) is 2.36. The number of carbonyl (C=O) groups is 2. The number of nitrogens with zero attached hydrogens (tertiary/aromatic N) is 1. The Balaban J connectivity index is 4.21. The first kappa shape index (κ1) is 16.8. The molecule has 0 aliphatic heterocycles. The third kappa shape index (κ3) is 6.33. The predicted molar refractivity (Wildman–Crippen MR) is 78.1 cm³/mol. The van der Waals surface area contributed by atoms with Gasteiger partial charge < -0.3 is 4.72 Å². The number of thiol groups is 1. The van der Waals surface area contributed by atoms with Gasteiger partial charge in [-0.3, -0.25) is 9.28 Å². The van der Waals surface area contributed by atoms with Gasteiger partial charge in [0.05, 0.1) is 26.6 Å². The summed E-state index contributed by atoms with van der Waals surface area (Å²) in [6.07, 6.45) is 4.32. The third-order valence-corrected chi connectivity index (χ3v) is 3.93. The van der Waals surface area contributed by atoms with E-state index in [0.29, 0.717) is 10.9 Å². The molecule has 0 bridgehead atoms. The van der Waals surface area contributed by atoms with Gasteiger partial charge in [-0.25, -0.2) is 4.79 Å². The SMILES string of the molecule is CC[N+](C)(CC)C(=O)CCC(=O)NS(C)(C)S. The Morgan fingerprint density at radius 2 is 1.65 bits per heavy atom. The molecule has 102 valence electrons. The molecule has 0 spiro atoms. The van der Waals surface area contributed by atoms with Crippen LogP contribution in [0, 0.1) is 0 Å². The van der Waals surface area contributed by atoms with Gasteiger partial charge in [-0.2, -0.15) is 0 Å². The topological polar surface area (TPSA) is 46.2 Å². The average Bonchev–Trinajstić information content (AvgIpc) is 2.22. The van der Waals surface area contributed by atoms with Crippen LogP contribution in [0.3, 0.4) is 0 Å². The van der Waals surface area contributed by atoms with Crippen LogP contribution in [0.5, 0.6) is 0 Å². The number of quaternary nitrogens is 1. The minimum Gasteiger partial charge on any atom is -0.310 e. The van der Waals surface area contributed by atoms with Crippen LogP contribution in [-0.2, 0) is 9.59 Å². The molecular weight excluding hydrogens is 256 g/mol. The number of hydrogen-bond donors (Lipinski definition) is 2. The van der Waals surface area contributed by atoms with Gasteiger partial charge in [0.15, 0.2) is 0 Å². The first-order valence-electron chi connectivity index (χ1n) is 5.79. The van der Waals surface area contributed by atoms with Crippen molar-refractivity contribution in [2.45, 2.75) is 26.7 Å². The van der Waals surface area contributed by atoms with Crippen LogP contribution < -0.4 is 4.72 Å². The van der Waals surface area contributed by atoms with E-state index >= 15 is 0 Å². The van der Waals surface area contributed by atoms with Crippen molar-refractivity contribution in [3.63, 3.8) is 0 Å². The summed E-state index contributed by atoms with van der Waals surface area (Å²) in [5.74, 6) is 0.0317. The van der Waals surface area contributed by atoms with Crippen molar-refractivity contribution >= 4 is 32.7 Å². The fraction of sp³-hybridized carbons (Fsp3) is 0.818. The molecule has 0 heterocycles. The zero-order chi connectivity index (χ0) is 13.7. The lowest BCUT2D eigenvalue weighted by atomic mass is 10.2. The van der Waals surface area contributed by atoms with Crippen molar-refractivity contribution in [1.29, 1.82) is 0 Å². The van der Waals surface area contributed by atoms with Gasteiger partial charge in [0, 0.05) is 6.42 Å². The molecule has 0 aromatic carbocycles. The minimum atomic E-state index is -1.34.